The topological polar surface area (TPSA) is 11.3 Å². The molecule has 1 nitrogen and oxygen atoms in total. The van der Waals surface area contributed by atoms with E-state index in [1.54, 1.807) is 0 Å². The van der Waals surface area contributed by atoms with Gasteiger partial charge in [0, 0.05) is 6.07 Å². The van der Waals surface area contributed by atoms with Gasteiger partial charge >= 0.3 is 11.5 Å². The van der Waals surface area contributed by atoms with Crippen LogP contribution >= 0.6 is 0 Å². The van der Waals surface area contributed by atoms with Crippen LogP contribution in [0.1, 0.15) is 16.9 Å². The van der Waals surface area contributed by atoms with E-state index < -0.39 is 0 Å². The van der Waals surface area contributed by atoms with Gasteiger partial charge in [0.05, 0.1) is 17.5 Å². The molecule has 0 bridgehead atoms. The van der Waals surface area contributed by atoms with E-state index in [4.69, 9.17) is 4.42 Å². The van der Waals surface area contributed by atoms with Gasteiger partial charge in [-0.15, -0.1) is 0 Å². The van der Waals surface area contributed by atoms with Crippen molar-refractivity contribution in [2.75, 3.05) is 0 Å². The molecule has 0 atom stereocenters. The third-order valence-corrected chi connectivity index (χ3v) is 3.95. The number of benzene rings is 2. The van der Waals surface area contributed by atoms with Gasteiger partial charge < -0.3 is 0 Å². The molecule has 0 radical (unpaired) electrons. The third-order valence-electron chi connectivity index (χ3n) is 3.95. The molecule has 3 aromatic rings. The Balaban J connectivity index is 1.91. The lowest BCUT2D eigenvalue weighted by Crippen LogP contribution is -1.87. The van der Waals surface area contributed by atoms with Crippen molar-refractivity contribution in [2.45, 2.75) is 13.3 Å². The van der Waals surface area contributed by atoms with Crippen LogP contribution in [0.4, 0.5) is 0 Å². The second kappa shape index (κ2) is 4.31. The van der Waals surface area contributed by atoms with Crippen molar-refractivity contribution in [3.05, 3.63) is 77.6 Å². The van der Waals surface area contributed by atoms with Crippen molar-refractivity contribution in [3.63, 3.8) is 0 Å². The Morgan fingerprint density at radius 3 is 2.50 bits per heavy atom. The lowest BCUT2D eigenvalue weighted by atomic mass is 10.0. The summed E-state index contributed by atoms with van der Waals surface area (Å²) >= 11 is 0. The summed E-state index contributed by atoms with van der Waals surface area (Å²) in [6.07, 6.45) is 0.896. The van der Waals surface area contributed by atoms with Crippen LogP contribution in [-0.4, -0.2) is 0 Å². The summed E-state index contributed by atoms with van der Waals surface area (Å²) in [6.45, 7) is 2.17. The van der Waals surface area contributed by atoms with Crippen LogP contribution in [0.25, 0.3) is 22.5 Å². The van der Waals surface area contributed by atoms with E-state index in [0.29, 0.717) is 0 Å². The van der Waals surface area contributed by atoms with Gasteiger partial charge in [0.2, 0.25) is 0 Å². The van der Waals surface area contributed by atoms with Crippen LogP contribution in [-0.2, 0) is 6.42 Å². The fraction of sp³-hybridized carbons (Fsp3) is 0.105. The van der Waals surface area contributed by atoms with Crippen molar-refractivity contribution in [1.82, 2.24) is 0 Å². The summed E-state index contributed by atoms with van der Waals surface area (Å²) in [5.74, 6) is 2.04. The number of hydrogen-bond donors (Lipinski definition) is 0. The highest BCUT2D eigenvalue weighted by Crippen LogP contribution is 2.40. The number of fused-ring (bicyclic) bond motifs is 3. The molecule has 1 aromatic heterocycles. The average Bonchev–Trinajstić information content (AvgIpc) is 2.87. The molecule has 1 heterocycles. The maximum Gasteiger partial charge on any atom is 0.360 e. The van der Waals surface area contributed by atoms with Crippen LogP contribution < -0.4 is 0 Å². The van der Waals surface area contributed by atoms with Gasteiger partial charge in [-0.05, 0) is 35.7 Å². The minimum Gasteiger partial charge on any atom is -0.211 e. The maximum absolute atomic E-state index is 6.17. The Morgan fingerprint density at radius 2 is 1.65 bits per heavy atom. The molecule has 0 unspecified atom stereocenters. The fourth-order valence-electron chi connectivity index (χ4n) is 3.03. The molecule has 0 spiro atoms. The minimum absolute atomic E-state index is 0.896. The summed E-state index contributed by atoms with van der Waals surface area (Å²) in [5.41, 5.74) is 6.38. The summed E-state index contributed by atoms with van der Waals surface area (Å²) in [4.78, 5) is 0. The van der Waals surface area contributed by atoms with E-state index in [9.17, 15) is 0 Å². The predicted octanol–water partition coefficient (Wildman–Crippen LogP) is 5.11. The zero-order valence-electron chi connectivity index (χ0n) is 11.4. The van der Waals surface area contributed by atoms with Crippen molar-refractivity contribution in [3.8, 4) is 22.5 Å². The van der Waals surface area contributed by atoms with Gasteiger partial charge in [0.25, 0.3) is 0 Å². The van der Waals surface area contributed by atoms with Gasteiger partial charge in [-0.25, -0.2) is 4.42 Å². The molecule has 96 valence electrons. The van der Waals surface area contributed by atoms with E-state index in [-0.39, 0.29) is 0 Å². The molecule has 0 fully saturated rings. The molecule has 4 rings (SSSR count). The molecule has 1 aliphatic rings. The molecule has 2 aromatic carbocycles. The lowest BCUT2D eigenvalue weighted by molar-refractivity contribution is 0.523. The number of aryl methyl sites for hydroxylation is 1. The Kier molecular flexibility index (Phi) is 2.46. The molecule has 0 saturated heterocycles. The first-order valence-corrected chi connectivity index (χ1v) is 6.93. The average molecular weight is 259 g/mol. The molecule has 0 N–H and O–H groups in total. The van der Waals surface area contributed by atoms with Gasteiger partial charge in [-0.2, -0.15) is 0 Å². The minimum atomic E-state index is 0.896. The molecule has 0 aliphatic heterocycles. The Morgan fingerprint density at radius 1 is 0.900 bits per heavy atom. The number of rotatable bonds is 1. The second-order valence-corrected chi connectivity index (χ2v) is 5.29. The lowest BCUT2D eigenvalue weighted by Gasteiger charge is -2.00. The molecule has 20 heavy (non-hydrogen) atoms. The highest BCUT2D eigenvalue weighted by atomic mass is 16.3. The summed E-state index contributed by atoms with van der Waals surface area (Å²) < 4.78 is 6.17. The smallest absolute Gasteiger partial charge is 0.211 e. The first-order chi connectivity index (χ1) is 9.83. The number of hydrogen-bond acceptors (Lipinski definition) is 0. The van der Waals surface area contributed by atoms with Crippen LogP contribution in [0.15, 0.2) is 65.1 Å². The van der Waals surface area contributed by atoms with E-state index in [1.807, 2.05) is 18.2 Å². The van der Waals surface area contributed by atoms with E-state index >= 15 is 0 Å². The SMILES string of the molecule is Cc1cc(-c2ccccc2)[o+]c2c1-c1ccccc1C2. The van der Waals surface area contributed by atoms with Gasteiger partial charge in [0.15, 0.2) is 0 Å². The quantitative estimate of drug-likeness (QED) is 0.432. The van der Waals surface area contributed by atoms with Crippen LogP contribution in [0, 0.1) is 6.92 Å². The highest BCUT2D eigenvalue weighted by molar-refractivity contribution is 5.78. The van der Waals surface area contributed by atoms with Crippen LogP contribution in [0.5, 0.6) is 0 Å². The van der Waals surface area contributed by atoms with Crippen molar-refractivity contribution in [1.29, 1.82) is 0 Å². The third kappa shape index (κ3) is 1.67. The highest BCUT2D eigenvalue weighted by Gasteiger charge is 2.31. The largest absolute Gasteiger partial charge is 0.360 e. The van der Waals surface area contributed by atoms with Crippen molar-refractivity contribution >= 4 is 0 Å². The van der Waals surface area contributed by atoms with Crippen molar-refractivity contribution < 1.29 is 4.42 Å². The van der Waals surface area contributed by atoms with Crippen molar-refractivity contribution in [2.24, 2.45) is 0 Å². The molecule has 0 amide bonds. The summed E-state index contributed by atoms with van der Waals surface area (Å²) in [6, 6.07) is 21.0. The van der Waals surface area contributed by atoms with Gasteiger partial charge in [-0.3, -0.25) is 0 Å². The Bertz CT molecular complexity index is 788. The van der Waals surface area contributed by atoms with Crippen LogP contribution in [0.3, 0.4) is 0 Å². The molecule has 1 heteroatoms. The first kappa shape index (κ1) is 11.4. The Labute approximate surface area is 118 Å². The maximum atomic E-state index is 6.17. The Hall–Kier alpha value is -2.41. The second-order valence-electron chi connectivity index (χ2n) is 5.29. The summed E-state index contributed by atoms with van der Waals surface area (Å²) in [5, 5.41) is 0. The van der Waals surface area contributed by atoms with E-state index in [2.05, 4.69) is 49.4 Å². The van der Waals surface area contributed by atoms with Crippen LogP contribution in [0.2, 0.25) is 0 Å². The van der Waals surface area contributed by atoms with Gasteiger partial charge in [-0.1, -0.05) is 42.5 Å². The summed E-state index contributed by atoms with van der Waals surface area (Å²) in [7, 11) is 0. The van der Waals surface area contributed by atoms with E-state index in [0.717, 1.165) is 23.5 Å². The molecule has 1 aliphatic carbocycles. The monoisotopic (exact) mass is 259 g/mol. The molecule has 0 saturated carbocycles. The fourth-order valence-corrected chi connectivity index (χ4v) is 3.03. The first-order valence-electron chi connectivity index (χ1n) is 6.93. The zero-order chi connectivity index (χ0) is 13.5. The predicted molar refractivity (Wildman–Crippen MR) is 81.5 cm³/mol. The molecular weight excluding hydrogens is 244 g/mol. The normalized spacial score (nSPS) is 12.1. The van der Waals surface area contributed by atoms with Gasteiger partial charge in [0.1, 0.15) is 0 Å². The zero-order valence-corrected chi connectivity index (χ0v) is 11.4. The standard InChI is InChI=1S/C19H15O/c1-13-11-17(14-7-3-2-4-8-14)20-18-12-15-9-5-6-10-16(15)19(13)18/h2-11H,12H2,1H3/q+1. The van der Waals surface area contributed by atoms with E-state index in [1.165, 1.54) is 22.3 Å². The molecular formula is C19H15O+.